The van der Waals surface area contributed by atoms with E-state index in [1.165, 1.54) is 6.20 Å². The van der Waals surface area contributed by atoms with Crippen LogP contribution in [-0.2, 0) is 14.3 Å². The number of rotatable bonds is 4. The molecule has 0 bridgehead atoms. The van der Waals surface area contributed by atoms with Gasteiger partial charge in [-0.05, 0) is 13.0 Å². The van der Waals surface area contributed by atoms with Gasteiger partial charge in [-0.2, -0.15) is 8.42 Å². The number of hydrogen-bond acceptors (Lipinski definition) is 6. The quantitative estimate of drug-likeness (QED) is 0.762. The minimum Gasteiger partial charge on any atom is -0.357 e. The lowest BCUT2D eigenvalue weighted by Crippen LogP contribution is -2.10. The van der Waals surface area contributed by atoms with Crippen molar-refractivity contribution in [1.29, 1.82) is 0 Å². The molecule has 7 heteroatoms. The van der Waals surface area contributed by atoms with E-state index >= 15 is 0 Å². The molecule has 0 saturated heterocycles. The maximum absolute atomic E-state index is 10.9. The van der Waals surface area contributed by atoms with E-state index in [-0.39, 0.29) is 0 Å². The predicted molar refractivity (Wildman–Crippen MR) is 55.9 cm³/mol. The topological polar surface area (TPSA) is 81.2 Å². The lowest BCUT2D eigenvalue weighted by atomic mass is 10.3. The van der Waals surface area contributed by atoms with Crippen molar-refractivity contribution in [3.05, 3.63) is 18.0 Å². The zero-order valence-corrected chi connectivity index (χ0v) is 9.58. The SMILES string of the molecule is CNc1nccc(C(C)OS(C)(=O)=O)n1. The van der Waals surface area contributed by atoms with E-state index in [1.807, 2.05) is 0 Å². The highest BCUT2D eigenvalue weighted by atomic mass is 32.2. The summed E-state index contributed by atoms with van der Waals surface area (Å²) in [6.07, 6.45) is 1.93. The van der Waals surface area contributed by atoms with Crippen LogP contribution >= 0.6 is 0 Å². The van der Waals surface area contributed by atoms with Gasteiger partial charge in [0.05, 0.1) is 11.9 Å². The summed E-state index contributed by atoms with van der Waals surface area (Å²) < 4.78 is 26.6. The number of anilines is 1. The highest BCUT2D eigenvalue weighted by Crippen LogP contribution is 2.16. The minimum atomic E-state index is -3.47. The summed E-state index contributed by atoms with van der Waals surface area (Å²) in [5, 5.41) is 2.76. The first-order valence-corrected chi connectivity index (χ1v) is 6.13. The number of nitrogens with zero attached hydrogens (tertiary/aromatic N) is 2. The molecule has 84 valence electrons. The van der Waals surface area contributed by atoms with Gasteiger partial charge in [-0.1, -0.05) is 0 Å². The monoisotopic (exact) mass is 231 g/mol. The number of nitrogens with one attached hydrogen (secondary N) is 1. The molecule has 0 amide bonds. The fourth-order valence-electron chi connectivity index (χ4n) is 1.03. The van der Waals surface area contributed by atoms with E-state index in [2.05, 4.69) is 15.3 Å². The van der Waals surface area contributed by atoms with Crippen LogP contribution in [0.15, 0.2) is 12.3 Å². The molecule has 1 atom stereocenters. The molecule has 15 heavy (non-hydrogen) atoms. The molecule has 1 aromatic heterocycles. The van der Waals surface area contributed by atoms with Crippen molar-refractivity contribution in [3.63, 3.8) is 0 Å². The molecule has 1 heterocycles. The van der Waals surface area contributed by atoms with Crippen LogP contribution in [0, 0.1) is 0 Å². The molecular weight excluding hydrogens is 218 g/mol. The maximum atomic E-state index is 10.9. The highest BCUT2D eigenvalue weighted by Gasteiger charge is 2.14. The molecule has 1 N–H and O–H groups in total. The van der Waals surface area contributed by atoms with Gasteiger partial charge in [0.25, 0.3) is 10.1 Å². The Morgan fingerprint density at radius 1 is 1.53 bits per heavy atom. The van der Waals surface area contributed by atoms with E-state index in [0.717, 1.165) is 6.26 Å². The fourth-order valence-corrected chi connectivity index (χ4v) is 1.65. The molecular formula is C8H13N3O3S. The summed E-state index contributed by atoms with van der Waals surface area (Å²) in [6, 6.07) is 1.61. The second-order valence-corrected chi connectivity index (χ2v) is 4.60. The molecule has 1 unspecified atom stereocenters. The summed E-state index contributed by atoms with van der Waals surface area (Å²) >= 11 is 0. The van der Waals surface area contributed by atoms with E-state index in [9.17, 15) is 8.42 Å². The Bertz CT molecular complexity index is 433. The van der Waals surface area contributed by atoms with Gasteiger partial charge in [0.15, 0.2) is 0 Å². The molecule has 0 aromatic carbocycles. The summed E-state index contributed by atoms with van der Waals surface area (Å²) in [5.74, 6) is 0.427. The van der Waals surface area contributed by atoms with Crippen LogP contribution in [0.25, 0.3) is 0 Å². The molecule has 0 aliphatic carbocycles. The van der Waals surface area contributed by atoms with Crippen LogP contribution < -0.4 is 5.32 Å². The van der Waals surface area contributed by atoms with Crippen LogP contribution in [0.5, 0.6) is 0 Å². The largest absolute Gasteiger partial charge is 0.357 e. The summed E-state index contributed by atoms with van der Waals surface area (Å²) in [5.41, 5.74) is 0.514. The minimum absolute atomic E-state index is 0.427. The first-order chi connectivity index (χ1) is 6.92. The number of aromatic nitrogens is 2. The lowest BCUT2D eigenvalue weighted by molar-refractivity contribution is 0.231. The molecule has 0 radical (unpaired) electrons. The maximum Gasteiger partial charge on any atom is 0.265 e. The molecule has 1 aromatic rings. The molecule has 0 fully saturated rings. The molecule has 1 rings (SSSR count). The van der Waals surface area contributed by atoms with Crippen molar-refractivity contribution in [2.45, 2.75) is 13.0 Å². The van der Waals surface area contributed by atoms with Gasteiger partial charge >= 0.3 is 0 Å². The van der Waals surface area contributed by atoms with Crippen LogP contribution in [0.4, 0.5) is 5.95 Å². The van der Waals surface area contributed by atoms with Crippen molar-refractivity contribution in [2.75, 3.05) is 18.6 Å². The highest BCUT2D eigenvalue weighted by molar-refractivity contribution is 7.86. The Hall–Kier alpha value is -1.21. The normalized spacial score (nSPS) is 13.5. The Kier molecular flexibility index (Phi) is 3.59. The zero-order valence-electron chi connectivity index (χ0n) is 8.76. The third-order valence-corrected chi connectivity index (χ3v) is 2.27. The van der Waals surface area contributed by atoms with Crippen molar-refractivity contribution in [3.8, 4) is 0 Å². The standard InChI is InChI=1S/C8H13N3O3S/c1-6(14-15(3,12)13)7-4-5-10-8(9-2)11-7/h4-6H,1-3H3,(H,9,10,11). The van der Waals surface area contributed by atoms with Crippen molar-refractivity contribution in [1.82, 2.24) is 9.97 Å². The van der Waals surface area contributed by atoms with E-state index in [0.29, 0.717) is 11.6 Å². The smallest absolute Gasteiger partial charge is 0.265 e. The Morgan fingerprint density at radius 2 is 2.20 bits per heavy atom. The second-order valence-electron chi connectivity index (χ2n) is 3.00. The average Bonchev–Trinajstić information content (AvgIpc) is 2.15. The van der Waals surface area contributed by atoms with Crippen LogP contribution in [0.1, 0.15) is 18.7 Å². The van der Waals surface area contributed by atoms with E-state index in [4.69, 9.17) is 4.18 Å². The molecule has 0 aliphatic heterocycles. The van der Waals surface area contributed by atoms with Crippen molar-refractivity contribution >= 4 is 16.1 Å². The molecule has 0 spiro atoms. The molecule has 0 saturated carbocycles. The Morgan fingerprint density at radius 3 is 2.73 bits per heavy atom. The van der Waals surface area contributed by atoms with Crippen LogP contribution in [-0.4, -0.2) is 31.7 Å². The molecule has 0 aliphatic rings. The Labute approximate surface area is 88.8 Å². The first kappa shape index (κ1) is 11.9. The summed E-state index contributed by atoms with van der Waals surface area (Å²) in [6.45, 7) is 1.61. The Balaban J connectivity index is 2.86. The van der Waals surface area contributed by atoms with Gasteiger partial charge in [0.2, 0.25) is 5.95 Å². The van der Waals surface area contributed by atoms with Crippen LogP contribution in [0.2, 0.25) is 0 Å². The summed E-state index contributed by atoms with van der Waals surface area (Å²) in [4.78, 5) is 7.97. The van der Waals surface area contributed by atoms with Gasteiger partial charge in [-0.3, -0.25) is 4.18 Å². The lowest BCUT2D eigenvalue weighted by Gasteiger charge is -2.10. The fraction of sp³-hybridized carbons (Fsp3) is 0.500. The third kappa shape index (κ3) is 3.80. The van der Waals surface area contributed by atoms with E-state index < -0.39 is 16.2 Å². The van der Waals surface area contributed by atoms with Crippen LogP contribution in [0.3, 0.4) is 0 Å². The van der Waals surface area contributed by atoms with Gasteiger partial charge in [-0.25, -0.2) is 9.97 Å². The van der Waals surface area contributed by atoms with Gasteiger partial charge < -0.3 is 5.32 Å². The van der Waals surface area contributed by atoms with E-state index in [1.54, 1.807) is 20.0 Å². The zero-order chi connectivity index (χ0) is 11.5. The first-order valence-electron chi connectivity index (χ1n) is 4.31. The van der Waals surface area contributed by atoms with Gasteiger partial charge in [-0.15, -0.1) is 0 Å². The molecule has 6 nitrogen and oxygen atoms in total. The predicted octanol–water partition coefficient (Wildman–Crippen LogP) is 0.555. The third-order valence-electron chi connectivity index (χ3n) is 1.64. The van der Waals surface area contributed by atoms with Crippen molar-refractivity contribution < 1.29 is 12.6 Å². The second kappa shape index (κ2) is 4.54. The van der Waals surface area contributed by atoms with Gasteiger partial charge in [0, 0.05) is 13.2 Å². The van der Waals surface area contributed by atoms with Crippen molar-refractivity contribution in [2.24, 2.45) is 0 Å². The number of hydrogen-bond donors (Lipinski definition) is 1. The average molecular weight is 231 g/mol. The summed E-state index contributed by atoms with van der Waals surface area (Å²) in [7, 11) is -1.79. The van der Waals surface area contributed by atoms with Gasteiger partial charge in [0.1, 0.15) is 6.10 Å².